The number of fused-ring (bicyclic) bond motifs is 5. The number of aliphatic hydroxyl groups is 1. The van der Waals surface area contributed by atoms with Crippen LogP contribution in [0.4, 0.5) is 0 Å². The molecule has 1 heterocycles. The van der Waals surface area contributed by atoms with Crippen LogP contribution in [-0.2, 0) is 11.8 Å². The molecule has 4 aliphatic rings. The zero-order valence-electron chi connectivity index (χ0n) is 20.8. The molecule has 0 aliphatic heterocycles. The first-order valence-corrected chi connectivity index (χ1v) is 13.0. The first-order valence-electron chi connectivity index (χ1n) is 13.0. The molecule has 0 spiro atoms. The minimum absolute atomic E-state index is 0.0521. The first-order chi connectivity index (χ1) is 15.7. The Hall–Kier alpha value is -1.63. The monoisotopic (exact) mass is 459 g/mol. The number of aromatic nitrogens is 3. The summed E-state index contributed by atoms with van der Waals surface area (Å²) in [7, 11) is 3.32. The van der Waals surface area contributed by atoms with Crippen molar-refractivity contribution >= 4 is 5.78 Å². The average molecular weight is 460 g/mol. The van der Waals surface area contributed by atoms with E-state index in [1.165, 1.54) is 32.1 Å². The molecule has 184 valence electrons. The van der Waals surface area contributed by atoms with Gasteiger partial charge in [-0.2, -0.15) is 0 Å². The van der Waals surface area contributed by atoms with Crippen LogP contribution in [0.2, 0.25) is 0 Å². The number of carbonyl (C=O) groups excluding carboxylic acids is 1. The summed E-state index contributed by atoms with van der Waals surface area (Å²) in [6.45, 7) is 4.49. The van der Waals surface area contributed by atoms with Gasteiger partial charge in [-0.1, -0.05) is 23.5 Å². The third-order valence-electron chi connectivity index (χ3n) is 10.2. The molecule has 4 fully saturated rings. The molecule has 1 aromatic heterocycles. The Balaban J connectivity index is 1.28. The van der Waals surface area contributed by atoms with Crippen molar-refractivity contribution in [3.8, 4) is 12.0 Å². The lowest BCUT2D eigenvalue weighted by molar-refractivity contribution is -0.149. The quantitative estimate of drug-likeness (QED) is 0.711. The Kier molecular flexibility index (Phi) is 5.99. The second-order valence-electron chi connectivity index (χ2n) is 12.0. The van der Waals surface area contributed by atoms with Gasteiger partial charge in [0.05, 0.1) is 12.7 Å². The molecule has 7 nitrogen and oxygen atoms in total. The van der Waals surface area contributed by atoms with Gasteiger partial charge in [0.15, 0.2) is 12.4 Å². The summed E-state index contributed by atoms with van der Waals surface area (Å²) in [5, 5.41) is 18.6. The van der Waals surface area contributed by atoms with E-state index >= 15 is 0 Å². The number of hydrogen-bond acceptors (Lipinski definition) is 6. The summed E-state index contributed by atoms with van der Waals surface area (Å²) >= 11 is 0. The van der Waals surface area contributed by atoms with Crippen LogP contribution in [0.25, 0.3) is 0 Å². The number of hydrogen-bond donors (Lipinski definition) is 1. The van der Waals surface area contributed by atoms with Crippen LogP contribution in [0.5, 0.6) is 12.0 Å². The minimum atomic E-state index is -0.466. The van der Waals surface area contributed by atoms with Crippen LogP contribution in [0.1, 0.15) is 78.1 Å². The van der Waals surface area contributed by atoms with Crippen molar-refractivity contribution in [2.75, 3.05) is 13.7 Å². The SMILES string of the molecule is COc1nnc(OCC(=O)[C@H]2CCC[C@H]3[C@@H]4CC[C@@H]5C[C@](C)(O)CC[C@@H]5[C@H]4CC[C@]23C)n1C. The zero-order valence-corrected chi connectivity index (χ0v) is 20.8. The molecule has 0 amide bonds. The molecule has 4 aliphatic carbocycles. The number of ether oxygens (including phenoxy) is 2. The summed E-state index contributed by atoms with van der Waals surface area (Å²) in [6, 6.07) is 0.702. The van der Waals surface area contributed by atoms with Gasteiger partial charge in [0, 0.05) is 13.0 Å². The Morgan fingerprint density at radius 1 is 1.03 bits per heavy atom. The second-order valence-corrected chi connectivity index (χ2v) is 12.0. The molecule has 7 heteroatoms. The van der Waals surface area contributed by atoms with E-state index in [9.17, 15) is 9.90 Å². The van der Waals surface area contributed by atoms with Crippen LogP contribution in [0, 0.1) is 40.9 Å². The maximum Gasteiger partial charge on any atom is 0.319 e. The van der Waals surface area contributed by atoms with Crippen molar-refractivity contribution in [2.45, 2.75) is 83.7 Å². The molecule has 0 radical (unpaired) electrons. The van der Waals surface area contributed by atoms with Gasteiger partial charge in [0.1, 0.15) is 0 Å². The third-order valence-corrected chi connectivity index (χ3v) is 10.2. The van der Waals surface area contributed by atoms with Gasteiger partial charge in [-0.05, 0) is 99.7 Å². The largest absolute Gasteiger partial charge is 0.467 e. The Morgan fingerprint density at radius 2 is 1.79 bits per heavy atom. The molecule has 1 aromatic rings. The molecule has 8 atom stereocenters. The molecular formula is C26H41N3O4. The van der Waals surface area contributed by atoms with Crippen LogP contribution in [0.3, 0.4) is 0 Å². The van der Waals surface area contributed by atoms with Crippen molar-refractivity contribution in [1.82, 2.24) is 14.8 Å². The van der Waals surface area contributed by atoms with Crippen molar-refractivity contribution in [3.05, 3.63) is 0 Å². The number of Topliss-reactive ketones (excluding diaryl/α,β-unsaturated/α-hetero) is 1. The highest BCUT2D eigenvalue weighted by Gasteiger charge is 2.57. The number of ketones is 1. The number of carbonyl (C=O) groups is 1. The molecule has 0 unspecified atom stereocenters. The highest BCUT2D eigenvalue weighted by Crippen LogP contribution is 2.63. The summed E-state index contributed by atoms with van der Waals surface area (Å²) in [5.74, 6) is 3.91. The van der Waals surface area contributed by atoms with Crippen LogP contribution >= 0.6 is 0 Å². The van der Waals surface area contributed by atoms with Gasteiger partial charge < -0.3 is 14.6 Å². The maximum absolute atomic E-state index is 13.4. The highest BCUT2D eigenvalue weighted by molar-refractivity contribution is 5.83. The van der Waals surface area contributed by atoms with E-state index in [0.717, 1.165) is 49.9 Å². The molecule has 0 bridgehead atoms. The van der Waals surface area contributed by atoms with E-state index in [0.29, 0.717) is 23.9 Å². The van der Waals surface area contributed by atoms with Gasteiger partial charge >= 0.3 is 12.0 Å². The molecular weight excluding hydrogens is 418 g/mol. The first kappa shape index (κ1) is 23.1. The minimum Gasteiger partial charge on any atom is -0.467 e. The highest BCUT2D eigenvalue weighted by atomic mass is 16.5. The average Bonchev–Trinajstić information content (AvgIpc) is 3.14. The van der Waals surface area contributed by atoms with Crippen molar-refractivity contribution in [1.29, 1.82) is 0 Å². The lowest BCUT2D eigenvalue weighted by Crippen LogP contribution is -2.55. The lowest BCUT2D eigenvalue weighted by atomic mass is 9.44. The molecule has 33 heavy (non-hydrogen) atoms. The number of methoxy groups -OCH3 is 1. The fourth-order valence-electron chi connectivity index (χ4n) is 8.65. The molecule has 0 aromatic carbocycles. The summed E-state index contributed by atoms with van der Waals surface area (Å²) in [6.07, 6.45) is 11.4. The summed E-state index contributed by atoms with van der Waals surface area (Å²) < 4.78 is 12.6. The zero-order chi connectivity index (χ0) is 23.4. The van der Waals surface area contributed by atoms with Crippen LogP contribution in [-0.4, -0.2) is 45.0 Å². The maximum atomic E-state index is 13.4. The van der Waals surface area contributed by atoms with E-state index in [4.69, 9.17) is 9.47 Å². The van der Waals surface area contributed by atoms with Crippen molar-refractivity contribution < 1.29 is 19.4 Å². The van der Waals surface area contributed by atoms with E-state index in [1.54, 1.807) is 18.7 Å². The number of nitrogens with zero attached hydrogens (tertiary/aromatic N) is 3. The van der Waals surface area contributed by atoms with Crippen LogP contribution in [0.15, 0.2) is 0 Å². The van der Waals surface area contributed by atoms with Crippen molar-refractivity contribution in [2.24, 2.45) is 48.0 Å². The fourth-order valence-corrected chi connectivity index (χ4v) is 8.65. The molecule has 0 saturated heterocycles. The Bertz CT molecular complexity index is 883. The normalized spacial score (nSPS) is 42.6. The van der Waals surface area contributed by atoms with E-state index < -0.39 is 5.60 Å². The Labute approximate surface area is 197 Å². The van der Waals surface area contributed by atoms with Gasteiger partial charge in [0.2, 0.25) is 0 Å². The predicted molar refractivity (Wildman–Crippen MR) is 124 cm³/mol. The van der Waals surface area contributed by atoms with Gasteiger partial charge in [-0.25, -0.2) is 4.57 Å². The topological polar surface area (TPSA) is 86.5 Å². The van der Waals surface area contributed by atoms with E-state index in [-0.39, 0.29) is 23.7 Å². The standard InChI is InChI=1S/C26H41N3O4/c1-25(31)12-10-17-16(14-25)8-9-19-18(17)11-13-26(2)20(19)6-5-7-21(26)22(30)15-33-24-28-27-23(32-4)29(24)3/h16-21,31H,5-15H2,1-4H3/t16-,17+,18-,19-,20+,21-,25-,26+/m1/s1. The van der Waals surface area contributed by atoms with Gasteiger partial charge in [0.25, 0.3) is 0 Å². The third kappa shape index (κ3) is 3.98. The fraction of sp³-hybridized carbons (Fsp3) is 0.885. The summed E-state index contributed by atoms with van der Waals surface area (Å²) in [5.41, 5.74) is -0.392. The van der Waals surface area contributed by atoms with E-state index in [1.807, 2.05) is 6.92 Å². The molecule has 5 rings (SSSR count). The van der Waals surface area contributed by atoms with Gasteiger partial charge in [-0.15, -0.1) is 0 Å². The lowest BCUT2D eigenvalue weighted by Gasteiger charge is -2.60. The predicted octanol–water partition coefficient (Wildman–Crippen LogP) is 4.18. The molecule has 1 N–H and O–H groups in total. The van der Waals surface area contributed by atoms with Crippen molar-refractivity contribution in [3.63, 3.8) is 0 Å². The van der Waals surface area contributed by atoms with Crippen LogP contribution < -0.4 is 9.47 Å². The second kappa shape index (κ2) is 8.54. The summed E-state index contributed by atoms with van der Waals surface area (Å²) in [4.78, 5) is 13.4. The van der Waals surface area contributed by atoms with Gasteiger partial charge in [-0.3, -0.25) is 4.79 Å². The molecule has 4 saturated carbocycles. The Morgan fingerprint density at radius 3 is 2.55 bits per heavy atom. The van der Waals surface area contributed by atoms with E-state index in [2.05, 4.69) is 17.1 Å². The smallest absolute Gasteiger partial charge is 0.319 e. The number of rotatable bonds is 5.